The van der Waals surface area contributed by atoms with Gasteiger partial charge in [0.15, 0.2) is 0 Å². The van der Waals surface area contributed by atoms with E-state index in [9.17, 15) is 4.79 Å². The van der Waals surface area contributed by atoms with Gasteiger partial charge in [-0.2, -0.15) is 0 Å². The Kier molecular flexibility index (Phi) is 4.78. The molecule has 1 saturated carbocycles. The molecule has 0 aliphatic heterocycles. The molecule has 0 aromatic heterocycles. The molecule has 1 rings (SSSR count). The molecular formula is C13H26O3Si. The molecule has 0 aromatic carbocycles. The largest absolute Gasteiger partial charge is 0.343 e. The molecule has 0 heterocycles. The molecule has 0 bridgehead atoms. The molecular weight excluding hydrogens is 232 g/mol. The lowest BCUT2D eigenvalue weighted by atomic mass is 9.89. The van der Waals surface area contributed by atoms with E-state index in [0.717, 1.165) is 25.7 Å². The van der Waals surface area contributed by atoms with E-state index in [4.69, 9.17) is 9.46 Å². The first-order valence-corrected chi connectivity index (χ1v) is 9.54. The van der Waals surface area contributed by atoms with E-state index in [0.29, 0.717) is 0 Å². The Morgan fingerprint density at radius 3 is 2.12 bits per heavy atom. The van der Waals surface area contributed by atoms with Crippen LogP contribution in [0.2, 0.25) is 18.1 Å². The lowest BCUT2D eigenvalue weighted by Gasteiger charge is -2.34. The minimum atomic E-state index is -1.97. The zero-order valence-electron chi connectivity index (χ0n) is 11.8. The summed E-state index contributed by atoms with van der Waals surface area (Å²) in [5, 5.41) is 0.0693. The Labute approximate surface area is 106 Å². The van der Waals surface area contributed by atoms with Crippen molar-refractivity contribution < 1.29 is 14.3 Å². The van der Waals surface area contributed by atoms with Gasteiger partial charge >= 0.3 is 5.97 Å². The first-order chi connectivity index (χ1) is 7.74. The number of carbonyl (C=O) groups excluding carboxylic acids is 1. The highest BCUT2D eigenvalue weighted by Crippen LogP contribution is 2.37. The quantitative estimate of drug-likeness (QED) is 0.435. The van der Waals surface area contributed by atoms with E-state index in [1.807, 2.05) is 0 Å². The second kappa shape index (κ2) is 5.53. The van der Waals surface area contributed by atoms with Crippen LogP contribution in [0.3, 0.4) is 0 Å². The highest BCUT2D eigenvalue weighted by Gasteiger charge is 2.40. The van der Waals surface area contributed by atoms with Crippen molar-refractivity contribution in [3.63, 3.8) is 0 Å². The van der Waals surface area contributed by atoms with Gasteiger partial charge in [0.25, 0.3) is 8.32 Å². The second-order valence-electron chi connectivity index (χ2n) is 6.58. The van der Waals surface area contributed by atoms with Gasteiger partial charge in [0, 0.05) is 0 Å². The van der Waals surface area contributed by atoms with Crippen LogP contribution in [0.25, 0.3) is 0 Å². The summed E-state index contributed by atoms with van der Waals surface area (Å²) in [6.45, 7) is 10.6. The molecule has 0 radical (unpaired) electrons. The standard InChI is InChI=1S/C13H26O3Si/c1-13(2,3)17(4,5)16-15-12(14)11-9-7-6-8-10-11/h11H,6-10H2,1-5H3. The molecule has 1 aliphatic rings. The Hall–Kier alpha value is -0.353. The van der Waals surface area contributed by atoms with E-state index in [-0.39, 0.29) is 16.9 Å². The van der Waals surface area contributed by atoms with Gasteiger partial charge in [-0.3, -0.25) is 0 Å². The number of carbonyl (C=O) groups is 1. The third-order valence-corrected chi connectivity index (χ3v) is 8.19. The van der Waals surface area contributed by atoms with Crippen molar-refractivity contribution in [2.75, 3.05) is 0 Å². The zero-order valence-corrected chi connectivity index (χ0v) is 12.8. The average Bonchev–Trinajstić information content (AvgIpc) is 2.25. The maximum Gasteiger partial charge on any atom is 0.343 e. The van der Waals surface area contributed by atoms with Crippen molar-refractivity contribution in [2.24, 2.45) is 5.92 Å². The van der Waals surface area contributed by atoms with E-state index in [1.54, 1.807) is 0 Å². The van der Waals surface area contributed by atoms with Crippen LogP contribution < -0.4 is 0 Å². The van der Waals surface area contributed by atoms with Crippen LogP contribution >= 0.6 is 0 Å². The van der Waals surface area contributed by atoms with Crippen molar-refractivity contribution in [1.82, 2.24) is 0 Å². The van der Waals surface area contributed by atoms with Crippen LogP contribution in [0.4, 0.5) is 0 Å². The summed E-state index contributed by atoms with van der Waals surface area (Å²) in [7, 11) is -1.97. The first kappa shape index (κ1) is 14.7. The molecule has 0 amide bonds. The predicted octanol–water partition coefficient (Wildman–Crippen LogP) is 4.05. The normalized spacial score (nSPS) is 19.1. The Morgan fingerprint density at radius 2 is 1.65 bits per heavy atom. The SMILES string of the molecule is CC(C)(C)[Si](C)(C)OOC(=O)C1CCCCC1. The van der Waals surface area contributed by atoms with Crippen LogP contribution in [-0.4, -0.2) is 14.3 Å². The summed E-state index contributed by atoms with van der Waals surface area (Å²) < 4.78 is 5.50. The van der Waals surface area contributed by atoms with Crippen molar-refractivity contribution in [1.29, 1.82) is 0 Å². The van der Waals surface area contributed by atoms with E-state index >= 15 is 0 Å². The summed E-state index contributed by atoms with van der Waals surface area (Å²) >= 11 is 0. The summed E-state index contributed by atoms with van der Waals surface area (Å²) in [5.41, 5.74) is 0. The molecule has 17 heavy (non-hydrogen) atoms. The van der Waals surface area contributed by atoms with Gasteiger partial charge in [-0.25, -0.2) is 9.37 Å². The van der Waals surface area contributed by atoms with Crippen molar-refractivity contribution in [3.05, 3.63) is 0 Å². The predicted molar refractivity (Wildman–Crippen MR) is 70.9 cm³/mol. The molecule has 3 nitrogen and oxygen atoms in total. The fraction of sp³-hybridized carbons (Fsp3) is 0.923. The first-order valence-electron chi connectivity index (χ1n) is 6.63. The molecule has 1 aliphatic carbocycles. The van der Waals surface area contributed by atoms with Gasteiger partial charge in [0.1, 0.15) is 0 Å². The Bertz CT molecular complexity index is 262. The topological polar surface area (TPSA) is 35.5 Å². The third kappa shape index (κ3) is 4.10. The average molecular weight is 258 g/mol. The molecule has 1 fully saturated rings. The van der Waals surface area contributed by atoms with Gasteiger partial charge in [0.2, 0.25) is 0 Å². The van der Waals surface area contributed by atoms with Gasteiger partial charge < -0.3 is 4.89 Å². The lowest BCUT2D eigenvalue weighted by Crippen LogP contribution is -2.42. The van der Waals surface area contributed by atoms with Gasteiger partial charge in [-0.1, -0.05) is 40.0 Å². The molecule has 0 unspecified atom stereocenters. The highest BCUT2D eigenvalue weighted by atomic mass is 28.4. The minimum absolute atomic E-state index is 0.0634. The molecule has 0 N–H and O–H groups in total. The van der Waals surface area contributed by atoms with Crippen LogP contribution in [0.1, 0.15) is 52.9 Å². The van der Waals surface area contributed by atoms with Gasteiger partial charge in [-0.05, 0) is 31.0 Å². The molecule has 4 heteroatoms. The van der Waals surface area contributed by atoms with E-state index < -0.39 is 8.32 Å². The zero-order chi connectivity index (χ0) is 13.1. The fourth-order valence-electron chi connectivity index (χ4n) is 1.68. The van der Waals surface area contributed by atoms with Crippen LogP contribution in [0, 0.1) is 5.92 Å². The molecule has 0 spiro atoms. The molecule has 0 atom stereocenters. The molecule has 100 valence electrons. The summed E-state index contributed by atoms with van der Waals surface area (Å²) in [4.78, 5) is 16.9. The number of rotatable bonds is 3. The highest BCUT2D eigenvalue weighted by molar-refractivity contribution is 6.73. The maximum atomic E-state index is 11.8. The summed E-state index contributed by atoms with van der Waals surface area (Å²) in [6, 6.07) is 0. The third-order valence-electron chi connectivity index (χ3n) is 4.08. The fourth-order valence-corrected chi connectivity index (χ4v) is 2.22. The van der Waals surface area contributed by atoms with Crippen LogP contribution in [0.5, 0.6) is 0 Å². The Balaban J connectivity index is 2.42. The monoisotopic (exact) mass is 258 g/mol. The van der Waals surface area contributed by atoms with E-state index in [2.05, 4.69) is 33.9 Å². The van der Waals surface area contributed by atoms with Crippen molar-refractivity contribution >= 4 is 14.3 Å². The Morgan fingerprint density at radius 1 is 1.12 bits per heavy atom. The van der Waals surface area contributed by atoms with E-state index in [1.165, 1.54) is 6.42 Å². The summed E-state index contributed by atoms with van der Waals surface area (Å²) in [6.07, 6.45) is 5.44. The summed E-state index contributed by atoms with van der Waals surface area (Å²) in [5.74, 6) is -0.0944. The second-order valence-corrected chi connectivity index (χ2v) is 11.3. The van der Waals surface area contributed by atoms with Gasteiger partial charge in [-0.15, -0.1) is 0 Å². The minimum Gasteiger partial charge on any atom is -0.310 e. The van der Waals surface area contributed by atoms with Crippen molar-refractivity contribution in [2.45, 2.75) is 71.0 Å². The van der Waals surface area contributed by atoms with Gasteiger partial charge in [0.05, 0.1) is 5.92 Å². The number of hydrogen-bond acceptors (Lipinski definition) is 3. The smallest absolute Gasteiger partial charge is 0.310 e. The molecule has 0 aromatic rings. The van der Waals surface area contributed by atoms with Crippen LogP contribution in [-0.2, 0) is 14.3 Å². The number of hydrogen-bond donors (Lipinski definition) is 0. The maximum absolute atomic E-state index is 11.8. The van der Waals surface area contributed by atoms with Crippen molar-refractivity contribution in [3.8, 4) is 0 Å². The van der Waals surface area contributed by atoms with Crippen LogP contribution in [0.15, 0.2) is 0 Å². The molecule has 0 saturated heterocycles. The lowest BCUT2D eigenvalue weighted by molar-refractivity contribution is -0.227.